The molecule has 3 N–H and O–H groups in total. The second-order valence-electron chi connectivity index (χ2n) is 4.60. The van der Waals surface area contributed by atoms with E-state index in [4.69, 9.17) is 5.73 Å². The number of rotatable bonds is 2. The quantitative estimate of drug-likeness (QED) is 0.757. The minimum atomic E-state index is -0.403. The van der Waals surface area contributed by atoms with Crippen molar-refractivity contribution in [1.82, 2.24) is 14.7 Å². The van der Waals surface area contributed by atoms with Crippen molar-refractivity contribution in [3.8, 4) is 5.69 Å². The standard InChI is InChI=1S/C13H14N4O2/c14-9-2-1-3-10(6-9)17-5-4-12(15-17)13(19)16-7-11(18)8-16/h1-6,11,18H,7-8,14H2. The van der Waals surface area contributed by atoms with Crippen molar-refractivity contribution in [2.75, 3.05) is 18.8 Å². The second kappa shape index (κ2) is 4.40. The van der Waals surface area contributed by atoms with Crippen molar-refractivity contribution in [3.63, 3.8) is 0 Å². The Bertz CT molecular complexity index is 617. The first kappa shape index (κ1) is 11.7. The Morgan fingerprint density at radius 3 is 2.84 bits per heavy atom. The van der Waals surface area contributed by atoms with Crippen LogP contribution in [0.3, 0.4) is 0 Å². The maximum absolute atomic E-state index is 12.0. The van der Waals surface area contributed by atoms with Crippen LogP contribution in [0.25, 0.3) is 5.69 Å². The number of nitrogens with zero attached hydrogens (tertiary/aromatic N) is 3. The highest BCUT2D eigenvalue weighted by atomic mass is 16.3. The summed E-state index contributed by atoms with van der Waals surface area (Å²) >= 11 is 0. The van der Waals surface area contributed by atoms with Crippen LogP contribution in [0.15, 0.2) is 36.5 Å². The van der Waals surface area contributed by atoms with E-state index in [-0.39, 0.29) is 5.91 Å². The van der Waals surface area contributed by atoms with Crippen molar-refractivity contribution in [1.29, 1.82) is 0 Å². The molecule has 98 valence electrons. The number of likely N-dealkylation sites (tertiary alicyclic amines) is 1. The molecule has 1 aromatic carbocycles. The van der Waals surface area contributed by atoms with E-state index in [1.807, 2.05) is 12.1 Å². The summed E-state index contributed by atoms with van der Waals surface area (Å²) in [5, 5.41) is 13.4. The van der Waals surface area contributed by atoms with Crippen molar-refractivity contribution in [3.05, 3.63) is 42.2 Å². The van der Waals surface area contributed by atoms with Gasteiger partial charge in [0, 0.05) is 25.0 Å². The molecule has 19 heavy (non-hydrogen) atoms. The molecule has 0 unspecified atom stereocenters. The van der Waals surface area contributed by atoms with Gasteiger partial charge in [-0.15, -0.1) is 0 Å². The van der Waals surface area contributed by atoms with Crippen LogP contribution in [-0.4, -0.2) is 44.9 Å². The maximum atomic E-state index is 12.0. The summed E-state index contributed by atoms with van der Waals surface area (Å²) in [7, 11) is 0. The lowest BCUT2D eigenvalue weighted by molar-refractivity contribution is 0.00547. The van der Waals surface area contributed by atoms with Crippen molar-refractivity contribution >= 4 is 11.6 Å². The third-order valence-electron chi connectivity index (χ3n) is 3.09. The van der Waals surface area contributed by atoms with Crippen LogP contribution in [0.4, 0.5) is 5.69 Å². The van der Waals surface area contributed by atoms with E-state index in [0.717, 1.165) is 5.69 Å². The normalized spacial score (nSPS) is 15.3. The van der Waals surface area contributed by atoms with Gasteiger partial charge in [-0.2, -0.15) is 5.10 Å². The largest absolute Gasteiger partial charge is 0.399 e. The van der Waals surface area contributed by atoms with Gasteiger partial charge in [0.15, 0.2) is 5.69 Å². The number of amides is 1. The minimum absolute atomic E-state index is 0.159. The molecular weight excluding hydrogens is 244 g/mol. The van der Waals surface area contributed by atoms with E-state index in [1.165, 1.54) is 0 Å². The third-order valence-corrected chi connectivity index (χ3v) is 3.09. The zero-order valence-electron chi connectivity index (χ0n) is 10.2. The van der Waals surface area contributed by atoms with Crippen LogP contribution in [0.1, 0.15) is 10.5 Å². The Morgan fingerprint density at radius 2 is 2.16 bits per heavy atom. The molecule has 6 nitrogen and oxygen atoms in total. The predicted octanol–water partition coefficient (Wildman–Crippen LogP) is 0.271. The number of anilines is 1. The number of aliphatic hydroxyl groups excluding tert-OH is 1. The fourth-order valence-electron chi connectivity index (χ4n) is 2.03. The zero-order valence-corrected chi connectivity index (χ0v) is 10.2. The number of carbonyl (C=O) groups excluding carboxylic acids is 1. The molecule has 0 saturated carbocycles. The number of β-amino-alcohol motifs (C(OH)–C–C–N with tert-alkyl or cyclic N) is 1. The number of hydrogen-bond donors (Lipinski definition) is 2. The van der Waals surface area contributed by atoms with Gasteiger partial charge < -0.3 is 15.7 Å². The zero-order chi connectivity index (χ0) is 13.4. The van der Waals surface area contributed by atoms with Gasteiger partial charge in [-0.1, -0.05) is 6.07 Å². The van der Waals surface area contributed by atoms with E-state index in [1.54, 1.807) is 34.0 Å². The summed E-state index contributed by atoms with van der Waals surface area (Å²) in [5.74, 6) is -0.159. The first-order chi connectivity index (χ1) is 9.13. The van der Waals surface area contributed by atoms with E-state index in [9.17, 15) is 9.90 Å². The Labute approximate surface area is 110 Å². The molecule has 0 atom stereocenters. The molecule has 2 aromatic rings. The number of aromatic nitrogens is 2. The SMILES string of the molecule is Nc1cccc(-n2ccc(C(=O)N3CC(O)C3)n2)c1. The topological polar surface area (TPSA) is 84.4 Å². The minimum Gasteiger partial charge on any atom is -0.399 e. The number of carbonyl (C=O) groups is 1. The second-order valence-corrected chi connectivity index (χ2v) is 4.60. The number of benzene rings is 1. The first-order valence-electron chi connectivity index (χ1n) is 6.02. The summed E-state index contributed by atoms with van der Waals surface area (Å²) in [5.41, 5.74) is 7.54. The van der Waals surface area contributed by atoms with Crippen molar-refractivity contribution < 1.29 is 9.90 Å². The first-order valence-corrected chi connectivity index (χ1v) is 6.02. The van der Waals surface area contributed by atoms with Crippen LogP contribution in [0, 0.1) is 0 Å². The molecule has 1 aliphatic rings. The Kier molecular flexibility index (Phi) is 2.72. The number of nitrogens with two attached hydrogens (primary N) is 1. The van der Waals surface area contributed by atoms with Crippen LogP contribution in [0.5, 0.6) is 0 Å². The fourth-order valence-corrected chi connectivity index (χ4v) is 2.03. The molecular formula is C13H14N4O2. The smallest absolute Gasteiger partial charge is 0.274 e. The van der Waals surface area contributed by atoms with Crippen molar-refractivity contribution in [2.45, 2.75) is 6.10 Å². The molecule has 1 aliphatic heterocycles. The van der Waals surface area contributed by atoms with Crippen LogP contribution in [-0.2, 0) is 0 Å². The lowest BCUT2D eigenvalue weighted by Gasteiger charge is -2.35. The van der Waals surface area contributed by atoms with Gasteiger partial charge in [0.25, 0.3) is 5.91 Å². The molecule has 6 heteroatoms. The van der Waals surface area contributed by atoms with Crippen LogP contribution < -0.4 is 5.73 Å². The molecule has 1 fully saturated rings. The summed E-state index contributed by atoms with van der Waals surface area (Å²) in [6.07, 6.45) is 1.32. The summed E-state index contributed by atoms with van der Waals surface area (Å²) in [4.78, 5) is 13.6. The maximum Gasteiger partial charge on any atom is 0.274 e. The summed E-state index contributed by atoms with van der Waals surface area (Å²) in [6, 6.07) is 8.94. The highest BCUT2D eigenvalue weighted by Gasteiger charge is 2.30. The number of nitrogen functional groups attached to an aromatic ring is 1. The van der Waals surface area contributed by atoms with Crippen LogP contribution >= 0.6 is 0 Å². The number of aliphatic hydroxyl groups is 1. The molecule has 0 spiro atoms. The van der Waals surface area contributed by atoms with E-state index in [2.05, 4.69) is 5.10 Å². The monoisotopic (exact) mass is 258 g/mol. The predicted molar refractivity (Wildman–Crippen MR) is 69.9 cm³/mol. The summed E-state index contributed by atoms with van der Waals surface area (Å²) < 4.78 is 1.61. The number of hydrogen-bond acceptors (Lipinski definition) is 4. The Balaban J connectivity index is 1.81. The average molecular weight is 258 g/mol. The van der Waals surface area contributed by atoms with Gasteiger partial charge in [0.1, 0.15) is 0 Å². The highest BCUT2D eigenvalue weighted by molar-refractivity contribution is 5.92. The molecule has 1 amide bonds. The lowest BCUT2D eigenvalue weighted by Crippen LogP contribution is -2.53. The van der Waals surface area contributed by atoms with Gasteiger partial charge in [0.05, 0.1) is 11.8 Å². The molecule has 1 aromatic heterocycles. The van der Waals surface area contributed by atoms with Gasteiger partial charge in [-0.3, -0.25) is 4.79 Å². The Morgan fingerprint density at radius 1 is 1.37 bits per heavy atom. The van der Waals surface area contributed by atoms with Gasteiger partial charge in [-0.05, 0) is 24.3 Å². The highest BCUT2D eigenvalue weighted by Crippen LogP contribution is 2.15. The molecule has 2 heterocycles. The molecule has 0 bridgehead atoms. The Hall–Kier alpha value is -2.34. The molecule has 0 radical (unpaired) electrons. The van der Waals surface area contributed by atoms with Gasteiger partial charge in [0.2, 0.25) is 0 Å². The molecule has 3 rings (SSSR count). The third kappa shape index (κ3) is 2.17. The summed E-state index contributed by atoms with van der Waals surface area (Å²) in [6.45, 7) is 0.758. The fraction of sp³-hybridized carbons (Fsp3) is 0.231. The van der Waals surface area contributed by atoms with E-state index in [0.29, 0.717) is 24.5 Å². The van der Waals surface area contributed by atoms with Crippen LogP contribution in [0.2, 0.25) is 0 Å². The lowest BCUT2D eigenvalue weighted by atomic mass is 10.1. The van der Waals surface area contributed by atoms with E-state index >= 15 is 0 Å². The van der Waals surface area contributed by atoms with Gasteiger partial charge in [-0.25, -0.2) is 4.68 Å². The van der Waals surface area contributed by atoms with Crippen molar-refractivity contribution in [2.24, 2.45) is 0 Å². The van der Waals surface area contributed by atoms with Gasteiger partial charge >= 0.3 is 0 Å². The average Bonchev–Trinajstić information content (AvgIpc) is 2.84. The molecule has 1 saturated heterocycles. The molecule has 0 aliphatic carbocycles. The van der Waals surface area contributed by atoms with E-state index < -0.39 is 6.10 Å².